The maximum Gasteiger partial charge on any atom is 0.419 e. The Bertz CT molecular complexity index is 606. The molecule has 0 aliphatic rings. The molecular formula is C9H5FN2O3. The topological polar surface area (TPSA) is 72.2 Å². The van der Waals surface area contributed by atoms with Gasteiger partial charge in [0, 0.05) is 6.07 Å². The molecule has 1 heterocycles. The summed E-state index contributed by atoms with van der Waals surface area (Å²) < 4.78 is 13.2. The number of fused-ring (bicyclic) bond motifs is 1. The van der Waals surface area contributed by atoms with Crippen LogP contribution in [-0.2, 0) is 0 Å². The van der Waals surface area contributed by atoms with Crippen LogP contribution in [0.1, 0.15) is 0 Å². The van der Waals surface area contributed by atoms with Crippen molar-refractivity contribution in [2.45, 2.75) is 0 Å². The molecular weight excluding hydrogens is 203 g/mol. The lowest BCUT2D eigenvalue weighted by Crippen LogP contribution is -2.25. The molecule has 76 valence electrons. The molecule has 2 rings (SSSR count). The average molecular weight is 208 g/mol. The van der Waals surface area contributed by atoms with E-state index in [0.29, 0.717) is 4.57 Å². The predicted molar refractivity (Wildman–Crippen MR) is 49.4 cm³/mol. The van der Waals surface area contributed by atoms with Gasteiger partial charge in [0.05, 0.1) is 10.9 Å². The third kappa shape index (κ3) is 1.45. The molecule has 0 fully saturated rings. The van der Waals surface area contributed by atoms with E-state index in [1.807, 2.05) is 0 Å². The summed E-state index contributed by atoms with van der Waals surface area (Å²) >= 11 is 0. The van der Waals surface area contributed by atoms with Crippen molar-refractivity contribution in [3.8, 4) is 0 Å². The molecule has 0 unspecified atom stereocenters. The molecule has 1 N–H and O–H groups in total. The van der Waals surface area contributed by atoms with Gasteiger partial charge in [-0.1, -0.05) is 0 Å². The molecule has 5 nitrogen and oxygen atoms in total. The zero-order valence-corrected chi connectivity index (χ0v) is 7.35. The van der Waals surface area contributed by atoms with Crippen molar-refractivity contribution in [1.82, 2.24) is 9.55 Å². The average Bonchev–Trinajstić information content (AvgIpc) is 2.17. The summed E-state index contributed by atoms with van der Waals surface area (Å²) in [5.41, 5.74) is -0.593. The fourth-order valence-electron chi connectivity index (χ4n) is 1.23. The normalized spacial score (nSPS) is 10.5. The first-order valence-electron chi connectivity index (χ1n) is 4.00. The van der Waals surface area contributed by atoms with E-state index in [-0.39, 0.29) is 10.9 Å². The van der Waals surface area contributed by atoms with Crippen molar-refractivity contribution < 1.29 is 14.3 Å². The molecule has 0 bridgehead atoms. The van der Waals surface area contributed by atoms with Crippen LogP contribution < -0.4 is 5.56 Å². The number of benzene rings is 1. The van der Waals surface area contributed by atoms with Crippen LogP contribution in [0.4, 0.5) is 9.18 Å². The summed E-state index contributed by atoms with van der Waals surface area (Å²) in [4.78, 5) is 25.7. The second kappa shape index (κ2) is 3.16. The first kappa shape index (κ1) is 9.32. The second-order valence-corrected chi connectivity index (χ2v) is 2.86. The van der Waals surface area contributed by atoms with Crippen LogP contribution in [0.25, 0.3) is 10.9 Å². The van der Waals surface area contributed by atoms with E-state index in [1.54, 1.807) is 0 Å². The van der Waals surface area contributed by atoms with E-state index < -0.39 is 17.5 Å². The zero-order chi connectivity index (χ0) is 11.0. The van der Waals surface area contributed by atoms with Gasteiger partial charge in [-0.2, -0.15) is 0 Å². The van der Waals surface area contributed by atoms with Gasteiger partial charge in [0.2, 0.25) is 0 Å². The van der Waals surface area contributed by atoms with E-state index in [1.165, 1.54) is 6.07 Å². The fraction of sp³-hybridized carbons (Fsp3) is 0. The summed E-state index contributed by atoms with van der Waals surface area (Å²) in [7, 11) is 0. The Labute approximate surface area is 82.4 Å². The molecule has 6 heteroatoms. The molecule has 2 aromatic rings. The van der Waals surface area contributed by atoms with Crippen LogP contribution in [0.2, 0.25) is 0 Å². The molecule has 0 atom stereocenters. The first-order valence-corrected chi connectivity index (χ1v) is 4.00. The van der Waals surface area contributed by atoms with Crippen LogP contribution in [0.15, 0.2) is 29.3 Å². The number of halogens is 1. The van der Waals surface area contributed by atoms with Crippen LogP contribution in [0.3, 0.4) is 0 Å². The van der Waals surface area contributed by atoms with Gasteiger partial charge >= 0.3 is 6.09 Å². The Kier molecular flexibility index (Phi) is 1.96. The van der Waals surface area contributed by atoms with Gasteiger partial charge in [-0.15, -0.1) is 0 Å². The van der Waals surface area contributed by atoms with E-state index in [0.717, 1.165) is 18.5 Å². The van der Waals surface area contributed by atoms with Gasteiger partial charge in [0.25, 0.3) is 5.56 Å². The monoisotopic (exact) mass is 208 g/mol. The number of rotatable bonds is 0. The van der Waals surface area contributed by atoms with Crippen LogP contribution in [-0.4, -0.2) is 20.8 Å². The molecule has 0 aliphatic heterocycles. The predicted octanol–water partition coefficient (Wildman–Crippen LogP) is 1.06. The maximum atomic E-state index is 12.8. The highest BCUT2D eigenvalue weighted by atomic mass is 19.1. The number of aromatic nitrogens is 2. The lowest BCUT2D eigenvalue weighted by molar-refractivity contribution is 0.195. The van der Waals surface area contributed by atoms with Gasteiger partial charge in [0.15, 0.2) is 0 Å². The summed E-state index contributed by atoms with van der Waals surface area (Å²) in [6, 6.07) is 3.36. The van der Waals surface area contributed by atoms with Crippen molar-refractivity contribution >= 4 is 17.0 Å². The van der Waals surface area contributed by atoms with E-state index >= 15 is 0 Å². The van der Waals surface area contributed by atoms with Gasteiger partial charge in [-0.3, -0.25) is 4.79 Å². The Hall–Kier alpha value is -2.24. The molecule has 0 saturated heterocycles. The minimum Gasteiger partial charge on any atom is -0.464 e. The minimum absolute atomic E-state index is 0.0706. The Morgan fingerprint density at radius 2 is 2.20 bits per heavy atom. The number of hydrogen-bond acceptors (Lipinski definition) is 3. The SMILES string of the molecule is O=C(O)n1cnc2cc(F)ccc2c1=O. The van der Waals surface area contributed by atoms with Gasteiger partial charge in [-0.05, 0) is 12.1 Å². The quantitative estimate of drug-likeness (QED) is 0.702. The van der Waals surface area contributed by atoms with Gasteiger partial charge < -0.3 is 5.11 Å². The van der Waals surface area contributed by atoms with Gasteiger partial charge in [-0.25, -0.2) is 18.7 Å². The molecule has 0 aliphatic carbocycles. The fourth-order valence-corrected chi connectivity index (χ4v) is 1.23. The minimum atomic E-state index is -1.42. The summed E-state index contributed by atoms with van der Waals surface area (Å²) in [6.07, 6.45) is -0.564. The smallest absolute Gasteiger partial charge is 0.419 e. The summed E-state index contributed by atoms with van der Waals surface area (Å²) in [6.45, 7) is 0. The number of nitrogens with zero attached hydrogens (tertiary/aromatic N) is 2. The summed E-state index contributed by atoms with van der Waals surface area (Å²) in [5.74, 6) is -0.525. The Balaban J connectivity index is 2.86. The lowest BCUT2D eigenvalue weighted by Gasteiger charge is -2.00. The molecule has 1 aromatic carbocycles. The van der Waals surface area contributed by atoms with Crippen LogP contribution >= 0.6 is 0 Å². The van der Waals surface area contributed by atoms with E-state index in [4.69, 9.17) is 5.11 Å². The molecule has 0 amide bonds. The molecule has 0 radical (unpaired) electrons. The standard InChI is InChI=1S/C9H5FN2O3/c10-5-1-2-6-7(3-5)11-4-12(8(6)13)9(14)15/h1-4H,(H,14,15). The maximum absolute atomic E-state index is 12.8. The third-order valence-corrected chi connectivity index (χ3v) is 1.93. The highest BCUT2D eigenvalue weighted by Crippen LogP contribution is 2.08. The molecule has 0 spiro atoms. The van der Waals surface area contributed by atoms with Crippen molar-refractivity contribution in [1.29, 1.82) is 0 Å². The first-order chi connectivity index (χ1) is 7.09. The number of carbonyl (C=O) groups is 1. The van der Waals surface area contributed by atoms with Crippen LogP contribution in [0.5, 0.6) is 0 Å². The number of carboxylic acid groups (broad SMARTS) is 1. The van der Waals surface area contributed by atoms with Gasteiger partial charge in [0.1, 0.15) is 12.1 Å². The largest absolute Gasteiger partial charge is 0.464 e. The van der Waals surface area contributed by atoms with Crippen LogP contribution in [0, 0.1) is 5.82 Å². The number of hydrogen-bond donors (Lipinski definition) is 1. The van der Waals surface area contributed by atoms with Crippen molar-refractivity contribution in [3.05, 3.63) is 40.7 Å². The highest BCUT2D eigenvalue weighted by molar-refractivity contribution is 5.80. The van der Waals surface area contributed by atoms with E-state index in [9.17, 15) is 14.0 Å². The highest BCUT2D eigenvalue weighted by Gasteiger charge is 2.08. The zero-order valence-electron chi connectivity index (χ0n) is 7.35. The third-order valence-electron chi connectivity index (χ3n) is 1.93. The van der Waals surface area contributed by atoms with Crippen molar-refractivity contribution in [3.63, 3.8) is 0 Å². The van der Waals surface area contributed by atoms with Crippen molar-refractivity contribution in [2.24, 2.45) is 0 Å². The lowest BCUT2D eigenvalue weighted by atomic mass is 10.2. The second-order valence-electron chi connectivity index (χ2n) is 2.86. The molecule has 15 heavy (non-hydrogen) atoms. The molecule has 1 aromatic heterocycles. The Morgan fingerprint density at radius 1 is 1.47 bits per heavy atom. The Morgan fingerprint density at radius 3 is 2.87 bits per heavy atom. The van der Waals surface area contributed by atoms with E-state index in [2.05, 4.69) is 4.98 Å². The van der Waals surface area contributed by atoms with Crippen molar-refractivity contribution in [2.75, 3.05) is 0 Å². The summed E-state index contributed by atoms with van der Waals surface area (Å²) in [5, 5.41) is 8.70. The molecule has 0 saturated carbocycles.